The number of aliphatic hydroxyl groups is 1. The summed E-state index contributed by atoms with van der Waals surface area (Å²) in [6.07, 6.45) is -7.19. The third-order valence-electron chi connectivity index (χ3n) is 2.24. The number of hydrogen-bond donors (Lipinski definition) is 1. The molecule has 5 nitrogen and oxygen atoms in total. The summed E-state index contributed by atoms with van der Waals surface area (Å²) in [6.45, 7) is 0. The molecule has 1 atom stereocenters. The van der Waals surface area contributed by atoms with E-state index in [0.29, 0.717) is 11.8 Å². The number of aliphatic hydroxyl groups excluding tert-OH is 1. The number of thioether (sulfide) groups is 1. The third-order valence-corrected chi connectivity index (χ3v) is 3.24. The summed E-state index contributed by atoms with van der Waals surface area (Å²) in [5, 5.41) is 19.4. The fourth-order valence-corrected chi connectivity index (χ4v) is 2.14. The van der Waals surface area contributed by atoms with Crippen molar-refractivity contribution in [1.82, 2.24) is 20.2 Å². The van der Waals surface area contributed by atoms with Gasteiger partial charge in [0.15, 0.2) is 6.10 Å². The van der Waals surface area contributed by atoms with E-state index in [2.05, 4.69) is 15.5 Å². The van der Waals surface area contributed by atoms with Gasteiger partial charge in [-0.2, -0.15) is 17.9 Å². The van der Waals surface area contributed by atoms with E-state index >= 15 is 0 Å². The summed E-state index contributed by atoms with van der Waals surface area (Å²) in [5.41, 5.74) is 0.277. The van der Waals surface area contributed by atoms with Gasteiger partial charge < -0.3 is 5.11 Å². The van der Waals surface area contributed by atoms with Crippen LogP contribution in [0.4, 0.5) is 17.6 Å². The minimum absolute atomic E-state index is 0.0268. The lowest BCUT2D eigenvalue weighted by Crippen LogP contribution is -2.30. The van der Waals surface area contributed by atoms with Gasteiger partial charge in [0.05, 0.1) is 5.69 Å². The maximum absolute atomic E-state index is 13.1. The van der Waals surface area contributed by atoms with E-state index in [1.165, 1.54) is 18.2 Å². The van der Waals surface area contributed by atoms with Gasteiger partial charge in [-0.3, -0.25) is 0 Å². The number of benzene rings is 1. The SMILES string of the molecule is O[C@@H](CSc1nnnn1-c1cccc(F)c1)C(F)(F)F. The second-order valence-electron chi connectivity index (χ2n) is 3.72. The van der Waals surface area contributed by atoms with Crippen LogP contribution in [0.2, 0.25) is 0 Å². The molecule has 0 radical (unpaired) electrons. The van der Waals surface area contributed by atoms with Gasteiger partial charge >= 0.3 is 6.18 Å². The molecule has 1 aromatic heterocycles. The molecular weight excluding hydrogens is 300 g/mol. The first-order chi connectivity index (χ1) is 9.38. The number of aromatic nitrogens is 4. The number of rotatable bonds is 4. The van der Waals surface area contributed by atoms with E-state index in [9.17, 15) is 17.6 Å². The smallest absolute Gasteiger partial charge is 0.383 e. The molecule has 0 fully saturated rings. The Morgan fingerprint density at radius 1 is 1.35 bits per heavy atom. The van der Waals surface area contributed by atoms with E-state index in [1.54, 1.807) is 0 Å². The third kappa shape index (κ3) is 3.45. The van der Waals surface area contributed by atoms with Gasteiger partial charge in [-0.1, -0.05) is 17.8 Å². The summed E-state index contributed by atoms with van der Waals surface area (Å²) < 4.78 is 50.7. The molecule has 0 spiro atoms. The van der Waals surface area contributed by atoms with Gasteiger partial charge in [0.1, 0.15) is 5.82 Å². The standard InChI is InChI=1S/C10H8F4N4OS/c11-6-2-1-3-7(4-6)18-9(15-16-17-18)20-5-8(19)10(12,13)14/h1-4,8,19H,5H2/t8-/m0/s1. The quantitative estimate of drug-likeness (QED) is 0.689. The van der Waals surface area contributed by atoms with Crippen molar-refractivity contribution in [1.29, 1.82) is 0 Å². The highest BCUT2D eigenvalue weighted by Gasteiger charge is 2.38. The van der Waals surface area contributed by atoms with Crippen LogP contribution in [0.5, 0.6) is 0 Å². The Labute approximate surface area is 114 Å². The van der Waals surface area contributed by atoms with E-state index in [1.807, 2.05) is 0 Å². The van der Waals surface area contributed by atoms with E-state index < -0.39 is 23.9 Å². The zero-order valence-corrected chi connectivity index (χ0v) is 10.6. The Hall–Kier alpha value is -1.68. The Morgan fingerprint density at radius 3 is 2.75 bits per heavy atom. The monoisotopic (exact) mass is 308 g/mol. The van der Waals surface area contributed by atoms with Crippen molar-refractivity contribution in [3.8, 4) is 5.69 Å². The van der Waals surface area contributed by atoms with E-state index in [4.69, 9.17) is 5.11 Å². The summed E-state index contributed by atoms with van der Waals surface area (Å²) in [7, 11) is 0. The van der Waals surface area contributed by atoms with Crippen LogP contribution in [-0.2, 0) is 0 Å². The number of alkyl halides is 3. The van der Waals surface area contributed by atoms with Crippen molar-refractivity contribution in [3.63, 3.8) is 0 Å². The number of tetrazole rings is 1. The second-order valence-corrected chi connectivity index (χ2v) is 4.71. The van der Waals surface area contributed by atoms with Crippen molar-refractivity contribution in [2.24, 2.45) is 0 Å². The van der Waals surface area contributed by atoms with Crippen molar-refractivity contribution < 1.29 is 22.7 Å². The summed E-state index contributed by atoms with van der Waals surface area (Å²) in [5.74, 6) is -1.18. The molecule has 0 amide bonds. The molecule has 20 heavy (non-hydrogen) atoms. The second kappa shape index (κ2) is 5.75. The Morgan fingerprint density at radius 2 is 2.10 bits per heavy atom. The van der Waals surface area contributed by atoms with Gasteiger partial charge in [-0.05, 0) is 28.6 Å². The Kier molecular flexibility index (Phi) is 4.23. The predicted octanol–water partition coefficient (Wildman–Crippen LogP) is 1.82. The van der Waals surface area contributed by atoms with Crippen molar-refractivity contribution in [3.05, 3.63) is 30.1 Å². The average Bonchev–Trinajstić information content (AvgIpc) is 2.83. The molecule has 0 saturated heterocycles. The van der Waals surface area contributed by atoms with Gasteiger partial charge in [0.2, 0.25) is 5.16 Å². The number of nitrogens with zero attached hydrogens (tertiary/aromatic N) is 4. The molecule has 1 aromatic carbocycles. The van der Waals surface area contributed by atoms with Gasteiger partial charge in [0, 0.05) is 5.75 Å². The first-order valence-corrected chi connectivity index (χ1v) is 6.28. The zero-order chi connectivity index (χ0) is 14.8. The molecule has 0 saturated carbocycles. The van der Waals surface area contributed by atoms with Crippen LogP contribution in [0.25, 0.3) is 5.69 Å². The maximum atomic E-state index is 13.1. The summed E-state index contributed by atoms with van der Waals surface area (Å²) in [6, 6.07) is 5.28. The Balaban J connectivity index is 2.14. The molecule has 1 N–H and O–H groups in total. The van der Waals surface area contributed by atoms with Crippen molar-refractivity contribution in [2.45, 2.75) is 17.4 Å². The average molecular weight is 308 g/mol. The molecule has 0 aliphatic heterocycles. The number of hydrogen-bond acceptors (Lipinski definition) is 5. The molecule has 2 aromatic rings. The lowest BCUT2D eigenvalue weighted by molar-refractivity contribution is -0.195. The number of halogens is 4. The predicted molar refractivity (Wildman–Crippen MR) is 61.9 cm³/mol. The summed E-state index contributed by atoms with van der Waals surface area (Å²) >= 11 is 0.624. The lowest BCUT2D eigenvalue weighted by Gasteiger charge is -2.13. The molecule has 0 bridgehead atoms. The first kappa shape index (κ1) is 14.7. The minimum Gasteiger partial charge on any atom is -0.383 e. The molecule has 0 unspecified atom stereocenters. The minimum atomic E-state index is -4.70. The van der Waals surface area contributed by atoms with E-state index in [0.717, 1.165) is 10.7 Å². The molecule has 0 aliphatic carbocycles. The van der Waals surface area contributed by atoms with Crippen LogP contribution >= 0.6 is 11.8 Å². The fourth-order valence-electron chi connectivity index (χ4n) is 1.29. The normalized spacial score (nSPS) is 13.4. The van der Waals surface area contributed by atoms with Crippen LogP contribution in [0.3, 0.4) is 0 Å². The topological polar surface area (TPSA) is 63.8 Å². The van der Waals surface area contributed by atoms with Gasteiger partial charge in [-0.25, -0.2) is 4.39 Å². The first-order valence-electron chi connectivity index (χ1n) is 5.30. The highest BCUT2D eigenvalue weighted by Crippen LogP contribution is 2.26. The fraction of sp³-hybridized carbons (Fsp3) is 0.300. The Bertz CT molecular complexity index is 589. The zero-order valence-electron chi connectivity index (χ0n) is 9.75. The molecule has 10 heteroatoms. The van der Waals surface area contributed by atoms with Crippen LogP contribution < -0.4 is 0 Å². The lowest BCUT2D eigenvalue weighted by atomic mass is 10.3. The van der Waals surface area contributed by atoms with Crippen LogP contribution in [-0.4, -0.2) is 43.3 Å². The van der Waals surface area contributed by atoms with E-state index in [-0.39, 0.29) is 10.8 Å². The molecule has 0 aliphatic rings. The summed E-state index contributed by atoms with van der Waals surface area (Å²) in [4.78, 5) is 0. The van der Waals surface area contributed by atoms with Crippen LogP contribution in [0.1, 0.15) is 0 Å². The highest BCUT2D eigenvalue weighted by molar-refractivity contribution is 7.99. The molecule has 1 heterocycles. The molecular formula is C10H8F4N4OS. The maximum Gasteiger partial charge on any atom is 0.415 e. The van der Waals surface area contributed by atoms with Crippen molar-refractivity contribution in [2.75, 3.05) is 5.75 Å². The van der Waals surface area contributed by atoms with Crippen molar-refractivity contribution >= 4 is 11.8 Å². The van der Waals surface area contributed by atoms with Crippen LogP contribution in [0, 0.1) is 5.82 Å². The van der Waals surface area contributed by atoms with Gasteiger partial charge in [-0.15, -0.1) is 5.10 Å². The van der Waals surface area contributed by atoms with Crippen LogP contribution in [0.15, 0.2) is 29.4 Å². The highest BCUT2D eigenvalue weighted by atomic mass is 32.2. The van der Waals surface area contributed by atoms with Gasteiger partial charge in [0.25, 0.3) is 0 Å². The largest absolute Gasteiger partial charge is 0.415 e. The molecule has 108 valence electrons. The molecule has 2 rings (SSSR count).